The summed E-state index contributed by atoms with van der Waals surface area (Å²) < 4.78 is 41.4. The maximum absolute atomic E-state index is 12.1. The van der Waals surface area contributed by atoms with Gasteiger partial charge in [0.1, 0.15) is 5.75 Å². The Hall–Kier alpha value is -3.07. The quantitative estimate of drug-likeness (QED) is 0.727. The molecule has 0 unspecified atom stereocenters. The number of aromatic nitrogens is 2. The van der Waals surface area contributed by atoms with E-state index in [9.17, 15) is 23.1 Å². The van der Waals surface area contributed by atoms with Crippen LogP contribution in [0.3, 0.4) is 0 Å². The number of hydrogen-bond acceptors (Lipinski definition) is 5. The van der Waals surface area contributed by atoms with E-state index in [0.29, 0.717) is 12.2 Å². The summed E-state index contributed by atoms with van der Waals surface area (Å²) in [7, 11) is 0. The minimum Gasteiger partial charge on any atom is -0.504 e. The molecule has 2 N–H and O–H groups in total. The molecular weight excluding hydrogens is 351 g/mol. The van der Waals surface area contributed by atoms with E-state index in [1.807, 2.05) is 0 Å². The Morgan fingerprint density at radius 1 is 1.15 bits per heavy atom. The van der Waals surface area contributed by atoms with E-state index in [1.54, 1.807) is 0 Å². The van der Waals surface area contributed by atoms with Gasteiger partial charge in [0.2, 0.25) is 0 Å². The molecule has 0 fully saturated rings. The Labute approximate surface area is 145 Å². The van der Waals surface area contributed by atoms with Crippen LogP contribution in [0.5, 0.6) is 11.5 Å². The molecule has 136 valence electrons. The van der Waals surface area contributed by atoms with Gasteiger partial charge in [-0.25, -0.2) is 4.98 Å². The molecule has 0 aliphatic heterocycles. The third-order valence-corrected chi connectivity index (χ3v) is 3.52. The number of aromatic hydroxyl groups is 1. The van der Waals surface area contributed by atoms with E-state index in [-0.39, 0.29) is 29.3 Å². The van der Waals surface area contributed by atoms with Crippen LogP contribution in [0.15, 0.2) is 53.5 Å². The maximum Gasteiger partial charge on any atom is 0.573 e. The lowest BCUT2D eigenvalue weighted by molar-refractivity contribution is -0.274. The summed E-state index contributed by atoms with van der Waals surface area (Å²) in [5.41, 5.74) is 1.01. The van der Waals surface area contributed by atoms with Crippen molar-refractivity contribution in [3.8, 4) is 11.5 Å². The van der Waals surface area contributed by atoms with Crippen LogP contribution in [-0.4, -0.2) is 20.9 Å². The average molecular weight is 365 g/mol. The van der Waals surface area contributed by atoms with Crippen LogP contribution >= 0.6 is 0 Å². The predicted molar refractivity (Wildman–Crippen MR) is 86.8 cm³/mol. The maximum atomic E-state index is 12.1. The minimum absolute atomic E-state index is 0.105. The second kappa shape index (κ2) is 7.04. The zero-order chi connectivity index (χ0) is 18.7. The van der Waals surface area contributed by atoms with Crippen molar-refractivity contribution in [2.45, 2.75) is 19.5 Å². The SMILES string of the molecule is O=c1cc(CNCc2ccc(OC(F)(F)F)cc2)nc2c(O)cccn12. The Balaban J connectivity index is 1.64. The zero-order valence-electron chi connectivity index (χ0n) is 13.3. The molecule has 0 radical (unpaired) electrons. The summed E-state index contributed by atoms with van der Waals surface area (Å²) in [6, 6.07) is 9.77. The number of hydrogen-bond donors (Lipinski definition) is 2. The summed E-state index contributed by atoms with van der Waals surface area (Å²) >= 11 is 0. The Morgan fingerprint density at radius 3 is 2.58 bits per heavy atom. The molecule has 0 aliphatic rings. The molecule has 0 saturated heterocycles. The van der Waals surface area contributed by atoms with Gasteiger partial charge in [0.15, 0.2) is 11.4 Å². The van der Waals surface area contributed by atoms with E-state index < -0.39 is 6.36 Å². The topological polar surface area (TPSA) is 75.9 Å². The highest BCUT2D eigenvalue weighted by Crippen LogP contribution is 2.22. The van der Waals surface area contributed by atoms with Crippen molar-refractivity contribution < 1.29 is 23.0 Å². The number of pyridine rings is 1. The summed E-state index contributed by atoms with van der Waals surface area (Å²) in [6.45, 7) is 0.606. The van der Waals surface area contributed by atoms with E-state index in [2.05, 4.69) is 15.0 Å². The molecule has 0 atom stereocenters. The first kappa shape index (κ1) is 17.7. The molecule has 2 heterocycles. The standard InChI is InChI=1S/C17H14F3N3O3/c18-17(19,20)26-13-5-3-11(4-6-13)9-21-10-12-8-15(25)23-7-1-2-14(24)16(23)22-12/h1-8,21,24H,9-10H2. The first-order valence-corrected chi connectivity index (χ1v) is 7.57. The Morgan fingerprint density at radius 2 is 1.88 bits per heavy atom. The highest BCUT2D eigenvalue weighted by atomic mass is 19.4. The molecule has 0 aliphatic carbocycles. The van der Waals surface area contributed by atoms with Gasteiger partial charge in [-0.2, -0.15) is 0 Å². The molecule has 0 bridgehead atoms. The van der Waals surface area contributed by atoms with Crippen molar-refractivity contribution >= 4 is 5.65 Å². The van der Waals surface area contributed by atoms with Crippen LogP contribution in [0.25, 0.3) is 5.65 Å². The lowest BCUT2D eigenvalue weighted by Crippen LogP contribution is -2.20. The first-order chi connectivity index (χ1) is 12.3. The molecule has 0 amide bonds. The highest BCUT2D eigenvalue weighted by molar-refractivity contribution is 5.52. The van der Waals surface area contributed by atoms with Crippen LogP contribution < -0.4 is 15.6 Å². The van der Waals surface area contributed by atoms with E-state index in [4.69, 9.17) is 0 Å². The van der Waals surface area contributed by atoms with Crippen LogP contribution in [-0.2, 0) is 13.1 Å². The average Bonchev–Trinajstić information content (AvgIpc) is 2.56. The largest absolute Gasteiger partial charge is 0.573 e. The summed E-state index contributed by atoms with van der Waals surface area (Å²) in [4.78, 5) is 16.2. The van der Waals surface area contributed by atoms with Gasteiger partial charge in [0, 0.05) is 25.4 Å². The van der Waals surface area contributed by atoms with E-state index in [0.717, 1.165) is 5.56 Å². The lowest BCUT2D eigenvalue weighted by Gasteiger charge is -2.10. The molecule has 1 aromatic carbocycles. The molecule has 2 aromatic heterocycles. The van der Waals surface area contributed by atoms with Gasteiger partial charge in [0.25, 0.3) is 5.56 Å². The summed E-state index contributed by atoms with van der Waals surface area (Å²) in [6.07, 6.45) is -3.21. The molecule has 26 heavy (non-hydrogen) atoms. The number of alkyl halides is 3. The van der Waals surface area contributed by atoms with E-state index >= 15 is 0 Å². The number of ether oxygens (including phenoxy) is 1. The number of nitrogens with zero attached hydrogens (tertiary/aromatic N) is 2. The molecule has 9 heteroatoms. The van der Waals surface area contributed by atoms with E-state index in [1.165, 1.54) is 53.1 Å². The van der Waals surface area contributed by atoms with Gasteiger partial charge < -0.3 is 15.2 Å². The van der Waals surface area contributed by atoms with Crippen molar-refractivity contribution in [2.75, 3.05) is 0 Å². The fourth-order valence-electron chi connectivity index (χ4n) is 2.39. The number of fused-ring (bicyclic) bond motifs is 1. The fourth-order valence-corrected chi connectivity index (χ4v) is 2.39. The molecular formula is C17H14F3N3O3. The van der Waals surface area contributed by atoms with Gasteiger partial charge in [0.05, 0.1) is 5.69 Å². The monoisotopic (exact) mass is 365 g/mol. The van der Waals surface area contributed by atoms with Crippen LogP contribution in [0.1, 0.15) is 11.3 Å². The molecule has 0 spiro atoms. The Bertz CT molecular complexity index is 969. The first-order valence-electron chi connectivity index (χ1n) is 7.57. The molecule has 6 nitrogen and oxygen atoms in total. The van der Waals surface area contributed by atoms with Crippen LogP contribution in [0.2, 0.25) is 0 Å². The summed E-state index contributed by atoms with van der Waals surface area (Å²) in [5.74, 6) is -0.396. The molecule has 0 saturated carbocycles. The number of rotatable bonds is 5. The number of halogens is 3. The second-order valence-electron chi connectivity index (χ2n) is 5.47. The third kappa shape index (κ3) is 4.31. The number of benzene rings is 1. The number of nitrogens with one attached hydrogen (secondary N) is 1. The predicted octanol–water partition coefficient (Wildman–Crippen LogP) is 2.59. The minimum atomic E-state index is -4.72. The van der Waals surface area contributed by atoms with Crippen molar-refractivity contribution in [1.82, 2.24) is 14.7 Å². The highest BCUT2D eigenvalue weighted by Gasteiger charge is 2.30. The van der Waals surface area contributed by atoms with Gasteiger partial charge in [-0.1, -0.05) is 12.1 Å². The van der Waals surface area contributed by atoms with Crippen LogP contribution in [0.4, 0.5) is 13.2 Å². The van der Waals surface area contributed by atoms with Gasteiger partial charge in [-0.05, 0) is 29.8 Å². The normalized spacial score (nSPS) is 11.7. The zero-order valence-corrected chi connectivity index (χ0v) is 13.3. The Kier molecular flexibility index (Phi) is 4.81. The van der Waals surface area contributed by atoms with Gasteiger partial charge >= 0.3 is 6.36 Å². The summed E-state index contributed by atoms with van der Waals surface area (Å²) in [5, 5.41) is 12.8. The van der Waals surface area contributed by atoms with Crippen molar-refractivity contribution in [3.63, 3.8) is 0 Å². The smallest absolute Gasteiger partial charge is 0.504 e. The molecule has 3 rings (SSSR count). The lowest BCUT2D eigenvalue weighted by atomic mass is 10.2. The third-order valence-electron chi connectivity index (χ3n) is 3.52. The van der Waals surface area contributed by atoms with Crippen molar-refractivity contribution in [3.05, 3.63) is 70.3 Å². The van der Waals surface area contributed by atoms with Gasteiger partial charge in [-0.15, -0.1) is 13.2 Å². The second-order valence-corrected chi connectivity index (χ2v) is 5.47. The van der Waals surface area contributed by atoms with Crippen molar-refractivity contribution in [1.29, 1.82) is 0 Å². The van der Waals surface area contributed by atoms with Gasteiger partial charge in [-0.3, -0.25) is 9.20 Å². The van der Waals surface area contributed by atoms with Crippen LogP contribution in [0, 0.1) is 0 Å². The fraction of sp³-hybridized carbons (Fsp3) is 0.176. The van der Waals surface area contributed by atoms with Crippen molar-refractivity contribution in [2.24, 2.45) is 0 Å². The molecule has 3 aromatic rings.